The van der Waals surface area contributed by atoms with Crippen LogP contribution in [0.5, 0.6) is 5.75 Å². The zero-order chi connectivity index (χ0) is 18.4. The third-order valence-corrected chi connectivity index (χ3v) is 4.30. The smallest absolute Gasteiger partial charge is 0.263 e. The third kappa shape index (κ3) is 4.30. The Hall–Kier alpha value is -3.08. The van der Waals surface area contributed by atoms with E-state index in [0.29, 0.717) is 11.7 Å². The summed E-state index contributed by atoms with van der Waals surface area (Å²) in [6.07, 6.45) is 2.83. The first-order valence-corrected chi connectivity index (χ1v) is 8.80. The Morgan fingerprint density at radius 3 is 2.62 bits per heavy atom. The lowest BCUT2D eigenvalue weighted by Gasteiger charge is -2.15. The predicted molar refractivity (Wildman–Crippen MR) is 103 cm³/mol. The van der Waals surface area contributed by atoms with E-state index >= 15 is 0 Å². The molecule has 1 unspecified atom stereocenters. The SMILES string of the molecule is CCC(C)c1ccccc1OCC(=O)Nc1ccn(-c2ccccc2)n1. The van der Waals surface area contributed by atoms with Crippen LogP contribution in [-0.2, 0) is 4.79 Å². The highest BCUT2D eigenvalue weighted by molar-refractivity contribution is 5.90. The first kappa shape index (κ1) is 17.7. The van der Waals surface area contributed by atoms with Crippen LogP contribution in [0.15, 0.2) is 66.9 Å². The van der Waals surface area contributed by atoms with Gasteiger partial charge in [-0.05, 0) is 36.1 Å². The zero-order valence-electron chi connectivity index (χ0n) is 15.1. The monoisotopic (exact) mass is 349 g/mol. The Bertz CT molecular complexity index is 858. The molecule has 1 atom stereocenters. The molecule has 1 N–H and O–H groups in total. The van der Waals surface area contributed by atoms with Gasteiger partial charge in [-0.1, -0.05) is 50.2 Å². The van der Waals surface area contributed by atoms with Gasteiger partial charge in [0.05, 0.1) is 5.69 Å². The lowest BCUT2D eigenvalue weighted by molar-refractivity contribution is -0.118. The van der Waals surface area contributed by atoms with Gasteiger partial charge in [-0.2, -0.15) is 5.10 Å². The van der Waals surface area contributed by atoms with Crippen LogP contribution in [0, 0.1) is 0 Å². The topological polar surface area (TPSA) is 56.1 Å². The molecule has 0 spiro atoms. The highest BCUT2D eigenvalue weighted by Gasteiger charge is 2.12. The molecule has 0 radical (unpaired) electrons. The van der Waals surface area contributed by atoms with E-state index in [1.165, 1.54) is 0 Å². The highest BCUT2D eigenvalue weighted by atomic mass is 16.5. The van der Waals surface area contributed by atoms with Crippen LogP contribution in [-0.4, -0.2) is 22.3 Å². The summed E-state index contributed by atoms with van der Waals surface area (Å²) in [7, 11) is 0. The molecular formula is C21H23N3O2. The van der Waals surface area contributed by atoms with Crippen molar-refractivity contribution in [1.82, 2.24) is 9.78 Å². The van der Waals surface area contributed by atoms with Crippen molar-refractivity contribution in [3.63, 3.8) is 0 Å². The number of nitrogens with one attached hydrogen (secondary N) is 1. The van der Waals surface area contributed by atoms with Crippen molar-refractivity contribution >= 4 is 11.7 Å². The summed E-state index contributed by atoms with van der Waals surface area (Å²) in [6, 6.07) is 19.4. The third-order valence-electron chi connectivity index (χ3n) is 4.30. The first-order chi connectivity index (χ1) is 12.7. The number of para-hydroxylation sites is 2. The number of rotatable bonds is 7. The van der Waals surface area contributed by atoms with Gasteiger partial charge in [-0.15, -0.1) is 0 Å². The maximum Gasteiger partial charge on any atom is 0.263 e. The summed E-state index contributed by atoms with van der Waals surface area (Å²) in [6.45, 7) is 4.24. The van der Waals surface area contributed by atoms with Crippen molar-refractivity contribution in [2.75, 3.05) is 11.9 Å². The summed E-state index contributed by atoms with van der Waals surface area (Å²) in [5, 5.41) is 7.13. The van der Waals surface area contributed by atoms with Gasteiger partial charge in [-0.3, -0.25) is 4.79 Å². The molecule has 0 fully saturated rings. The number of amides is 1. The predicted octanol–water partition coefficient (Wildman–Crippen LogP) is 4.40. The van der Waals surface area contributed by atoms with Gasteiger partial charge in [-0.25, -0.2) is 4.68 Å². The molecule has 2 aromatic carbocycles. The van der Waals surface area contributed by atoms with Crippen LogP contribution in [0.2, 0.25) is 0 Å². The molecule has 3 aromatic rings. The molecule has 1 heterocycles. The Labute approximate surface area is 153 Å². The molecule has 1 aromatic heterocycles. The van der Waals surface area contributed by atoms with Crippen LogP contribution >= 0.6 is 0 Å². The number of carbonyl (C=O) groups is 1. The summed E-state index contributed by atoms with van der Waals surface area (Å²) in [5.74, 6) is 1.41. The fourth-order valence-electron chi connectivity index (χ4n) is 2.68. The molecule has 5 heteroatoms. The minimum Gasteiger partial charge on any atom is -0.483 e. The van der Waals surface area contributed by atoms with Crippen molar-refractivity contribution in [3.05, 3.63) is 72.4 Å². The fraction of sp³-hybridized carbons (Fsp3) is 0.238. The molecule has 5 nitrogen and oxygen atoms in total. The number of ether oxygens (including phenoxy) is 1. The van der Waals surface area contributed by atoms with E-state index < -0.39 is 0 Å². The zero-order valence-corrected chi connectivity index (χ0v) is 15.1. The summed E-state index contributed by atoms with van der Waals surface area (Å²) in [4.78, 5) is 12.2. The summed E-state index contributed by atoms with van der Waals surface area (Å²) in [5.41, 5.74) is 2.06. The van der Waals surface area contributed by atoms with Gasteiger partial charge in [0.1, 0.15) is 5.75 Å². The first-order valence-electron chi connectivity index (χ1n) is 8.80. The lowest BCUT2D eigenvalue weighted by Crippen LogP contribution is -2.21. The summed E-state index contributed by atoms with van der Waals surface area (Å²) < 4.78 is 7.46. The standard InChI is InChI=1S/C21H23N3O2/c1-3-16(2)18-11-7-8-12-19(18)26-15-21(25)22-20-13-14-24(23-20)17-9-5-4-6-10-17/h4-14,16H,3,15H2,1-2H3,(H,22,23,25). The van der Waals surface area contributed by atoms with Crippen molar-refractivity contribution in [3.8, 4) is 11.4 Å². The molecular weight excluding hydrogens is 326 g/mol. The number of hydrogen-bond donors (Lipinski definition) is 1. The maximum atomic E-state index is 12.2. The van der Waals surface area contributed by atoms with E-state index in [-0.39, 0.29) is 12.5 Å². The molecule has 0 bridgehead atoms. The number of carbonyl (C=O) groups excluding carboxylic acids is 1. The number of anilines is 1. The Morgan fingerprint density at radius 2 is 1.85 bits per heavy atom. The van der Waals surface area contributed by atoms with Crippen LogP contribution in [0.25, 0.3) is 5.69 Å². The van der Waals surface area contributed by atoms with Gasteiger partial charge < -0.3 is 10.1 Å². The normalized spacial score (nSPS) is 11.8. The molecule has 26 heavy (non-hydrogen) atoms. The highest BCUT2D eigenvalue weighted by Crippen LogP contribution is 2.28. The average molecular weight is 349 g/mol. The summed E-state index contributed by atoms with van der Waals surface area (Å²) >= 11 is 0. The molecule has 1 amide bonds. The number of hydrogen-bond acceptors (Lipinski definition) is 3. The van der Waals surface area contributed by atoms with Crippen LogP contribution in [0.4, 0.5) is 5.82 Å². The second-order valence-electron chi connectivity index (χ2n) is 6.17. The minimum atomic E-state index is -0.234. The van der Waals surface area contributed by atoms with Gasteiger partial charge in [0.2, 0.25) is 0 Å². The van der Waals surface area contributed by atoms with Crippen molar-refractivity contribution < 1.29 is 9.53 Å². The van der Waals surface area contributed by atoms with E-state index in [4.69, 9.17) is 4.74 Å². The Kier molecular flexibility index (Phi) is 5.69. The molecule has 0 aliphatic heterocycles. The van der Waals surface area contributed by atoms with Gasteiger partial charge in [0.15, 0.2) is 12.4 Å². The molecule has 134 valence electrons. The quantitative estimate of drug-likeness (QED) is 0.688. The van der Waals surface area contributed by atoms with E-state index in [0.717, 1.165) is 23.4 Å². The second kappa shape index (κ2) is 8.34. The van der Waals surface area contributed by atoms with Gasteiger partial charge >= 0.3 is 0 Å². The number of nitrogens with zero attached hydrogens (tertiary/aromatic N) is 2. The van der Waals surface area contributed by atoms with Crippen LogP contribution < -0.4 is 10.1 Å². The van der Waals surface area contributed by atoms with E-state index in [9.17, 15) is 4.79 Å². The molecule has 3 rings (SSSR count). The molecule has 0 aliphatic rings. The lowest BCUT2D eigenvalue weighted by atomic mass is 9.98. The average Bonchev–Trinajstić information content (AvgIpc) is 3.15. The number of benzene rings is 2. The van der Waals surface area contributed by atoms with Gasteiger partial charge in [0, 0.05) is 12.3 Å². The van der Waals surface area contributed by atoms with Crippen LogP contribution in [0.1, 0.15) is 31.7 Å². The second-order valence-corrected chi connectivity index (χ2v) is 6.17. The van der Waals surface area contributed by atoms with Crippen molar-refractivity contribution in [2.45, 2.75) is 26.2 Å². The van der Waals surface area contributed by atoms with Gasteiger partial charge in [0.25, 0.3) is 5.91 Å². The van der Waals surface area contributed by atoms with Crippen LogP contribution in [0.3, 0.4) is 0 Å². The molecule has 0 aliphatic carbocycles. The largest absolute Gasteiger partial charge is 0.483 e. The number of aromatic nitrogens is 2. The van der Waals surface area contributed by atoms with E-state index in [2.05, 4.69) is 24.3 Å². The van der Waals surface area contributed by atoms with Crippen molar-refractivity contribution in [1.29, 1.82) is 0 Å². The minimum absolute atomic E-state index is 0.0500. The van der Waals surface area contributed by atoms with Crippen molar-refractivity contribution in [2.24, 2.45) is 0 Å². The fourth-order valence-corrected chi connectivity index (χ4v) is 2.68. The molecule has 0 saturated heterocycles. The Balaban J connectivity index is 1.60. The maximum absolute atomic E-state index is 12.2. The van der Waals surface area contributed by atoms with E-state index in [1.54, 1.807) is 10.7 Å². The van der Waals surface area contributed by atoms with E-state index in [1.807, 2.05) is 60.8 Å². The Morgan fingerprint density at radius 1 is 1.12 bits per heavy atom. The molecule has 0 saturated carbocycles.